The average Bonchev–Trinajstić information content (AvgIpc) is 3.87. The lowest BCUT2D eigenvalue weighted by Crippen LogP contribution is -2.05. The van der Waals surface area contributed by atoms with Crippen LogP contribution in [0.1, 0.15) is 70.4 Å². The fraction of sp³-hybridized carbons (Fsp3) is 0.296. The predicted octanol–water partition coefficient (Wildman–Crippen LogP) is 3.82. The van der Waals surface area contributed by atoms with Gasteiger partial charge < -0.3 is 9.84 Å². The zero-order valence-corrected chi connectivity index (χ0v) is 19.7. The van der Waals surface area contributed by atoms with Crippen molar-refractivity contribution in [2.45, 2.75) is 43.6 Å². The van der Waals surface area contributed by atoms with Gasteiger partial charge in [-0.25, -0.2) is 24.7 Å². The number of rotatable bonds is 7. The molecule has 0 aliphatic heterocycles. The van der Waals surface area contributed by atoms with Crippen LogP contribution in [-0.4, -0.2) is 48.1 Å². The van der Waals surface area contributed by atoms with Gasteiger partial charge in [0.15, 0.2) is 5.69 Å². The first-order chi connectivity index (χ1) is 17.6. The van der Waals surface area contributed by atoms with E-state index >= 15 is 0 Å². The number of hydrogen-bond donors (Lipinski definition) is 1. The Labute approximate surface area is 207 Å². The summed E-state index contributed by atoms with van der Waals surface area (Å²) in [5, 5.41) is 9.79. The normalized spacial score (nSPS) is 18.6. The van der Waals surface area contributed by atoms with Gasteiger partial charge in [0.05, 0.1) is 30.8 Å². The van der Waals surface area contributed by atoms with Crippen LogP contribution in [0.15, 0.2) is 55.1 Å². The van der Waals surface area contributed by atoms with Gasteiger partial charge in [0.1, 0.15) is 12.2 Å². The van der Waals surface area contributed by atoms with Crippen LogP contribution in [0.4, 0.5) is 0 Å². The minimum absolute atomic E-state index is 0.136. The van der Waals surface area contributed by atoms with E-state index in [1.165, 1.54) is 26.3 Å². The first-order valence-corrected chi connectivity index (χ1v) is 11.9. The Bertz CT molecular complexity index is 1420. The second kappa shape index (κ2) is 9.16. The van der Waals surface area contributed by atoms with E-state index in [2.05, 4.69) is 37.1 Å². The molecule has 36 heavy (non-hydrogen) atoms. The summed E-state index contributed by atoms with van der Waals surface area (Å²) in [4.78, 5) is 38.7. The van der Waals surface area contributed by atoms with Crippen molar-refractivity contribution >= 4 is 5.97 Å². The number of pyridine rings is 2. The number of esters is 1. The van der Waals surface area contributed by atoms with Crippen molar-refractivity contribution in [2.24, 2.45) is 0 Å². The maximum atomic E-state index is 11.8. The Morgan fingerprint density at radius 1 is 0.917 bits per heavy atom. The largest absolute Gasteiger partial charge is 0.464 e. The maximum absolute atomic E-state index is 11.8. The van der Waals surface area contributed by atoms with Crippen LogP contribution >= 0.6 is 0 Å². The fourth-order valence-corrected chi connectivity index (χ4v) is 4.40. The van der Waals surface area contributed by atoms with Gasteiger partial charge in [0.2, 0.25) is 0 Å². The van der Waals surface area contributed by atoms with E-state index in [4.69, 9.17) is 9.72 Å². The molecule has 2 saturated carbocycles. The third-order valence-corrected chi connectivity index (χ3v) is 6.68. The topological polar surface area (TPSA) is 124 Å². The summed E-state index contributed by atoms with van der Waals surface area (Å²) in [5.74, 6) is 1.15. The lowest BCUT2D eigenvalue weighted by molar-refractivity contribution is 0.0594. The molecule has 180 valence electrons. The molecule has 9 nitrogen and oxygen atoms in total. The molecular weight excluding hydrogens is 456 g/mol. The SMILES string of the molecule is COC(=O)c1cc(-c2ccc(C3CC3c3nc(CO)cc(-c4ccc(C5CC5)nc4)n3)nc2)ncn1. The van der Waals surface area contributed by atoms with Crippen LogP contribution in [0, 0.1) is 0 Å². The first-order valence-electron chi connectivity index (χ1n) is 11.9. The molecule has 4 aromatic heterocycles. The molecule has 0 spiro atoms. The van der Waals surface area contributed by atoms with Gasteiger partial charge in [0.25, 0.3) is 0 Å². The highest BCUT2D eigenvalue weighted by Gasteiger charge is 2.43. The minimum Gasteiger partial charge on any atom is -0.464 e. The van der Waals surface area contributed by atoms with E-state index in [9.17, 15) is 9.90 Å². The number of carbonyl (C=O) groups is 1. The summed E-state index contributed by atoms with van der Waals surface area (Å²) >= 11 is 0. The molecule has 2 unspecified atom stereocenters. The van der Waals surface area contributed by atoms with E-state index in [0.29, 0.717) is 17.3 Å². The lowest BCUT2D eigenvalue weighted by Gasteiger charge is -2.08. The number of aromatic nitrogens is 6. The van der Waals surface area contributed by atoms with Gasteiger partial charge in [-0.15, -0.1) is 0 Å². The van der Waals surface area contributed by atoms with E-state index in [0.717, 1.165) is 40.5 Å². The molecule has 0 amide bonds. The molecular formula is C27H24N6O3. The van der Waals surface area contributed by atoms with Crippen LogP contribution in [0.25, 0.3) is 22.5 Å². The number of methoxy groups -OCH3 is 1. The van der Waals surface area contributed by atoms with E-state index in [-0.39, 0.29) is 24.1 Å². The van der Waals surface area contributed by atoms with Crippen LogP contribution in [0.3, 0.4) is 0 Å². The highest BCUT2D eigenvalue weighted by atomic mass is 16.5. The second-order valence-corrected chi connectivity index (χ2v) is 9.21. The number of ether oxygens (including phenoxy) is 1. The van der Waals surface area contributed by atoms with Gasteiger partial charge in [0, 0.05) is 52.7 Å². The molecule has 9 heteroatoms. The van der Waals surface area contributed by atoms with Crippen molar-refractivity contribution in [3.05, 3.63) is 83.7 Å². The molecule has 4 aromatic rings. The zero-order valence-electron chi connectivity index (χ0n) is 19.7. The summed E-state index contributed by atoms with van der Waals surface area (Å²) in [5.41, 5.74) is 5.96. The number of carbonyl (C=O) groups excluding carboxylic acids is 1. The smallest absolute Gasteiger partial charge is 0.356 e. The summed E-state index contributed by atoms with van der Waals surface area (Å²) in [6.45, 7) is -0.146. The highest BCUT2D eigenvalue weighted by Crippen LogP contribution is 2.53. The molecule has 1 N–H and O–H groups in total. The summed E-state index contributed by atoms with van der Waals surface area (Å²) in [6, 6.07) is 11.4. The van der Waals surface area contributed by atoms with Crippen LogP contribution in [0.2, 0.25) is 0 Å². The molecule has 2 aliphatic rings. The third-order valence-electron chi connectivity index (χ3n) is 6.68. The quantitative estimate of drug-likeness (QED) is 0.393. The number of aliphatic hydroxyl groups is 1. The molecule has 0 aromatic carbocycles. The zero-order chi connectivity index (χ0) is 24.6. The molecule has 4 heterocycles. The Kier molecular flexibility index (Phi) is 5.69. The van der Waals surface area contributed by atoms with Crippen molar-refractivity contribution in [2.75, 3.05) is 7.11 Å². The molecule has 0 radical (unpaired) electrons. The van der Waals surface area contributed by atoms with Gasteiger partial charge >= 0.3 is 5.97 Å². The summed E-state index contributed by atoms with van der Waals surface area (Å²) < 4.78 is 4.73. The Hall–Kier alpha value is -4.11. The molecule has 0 saturated heterocycles. The first kappa shape index (κ1) is 22.4. The van der Waals surface area contributed by atoms with Gasteiger partial charge in [-0.3, -0.25) is 9.97 Å². The van der Waals surface area contributed by atoms with E-state index in [1.807, 2.05) is 24.4 Å². The average molecular weight is 481 g/mol. The van der Waals surface area contributed by atoms with Crippen molar-refractivity contribution in [3.8, 4) is 22.5 Å². The van der Waals surface area contributed by atoms with Crippen molar-refractivity contribution in [1.29, 1.82) is 0 Å². The second-order valence-electron chi connectivity index (χ2n) is 9.21. The van der Waals surface area contributed by atoms with Gasteiger partial charge in [-0.05, 0) is 55.7 Å². The molecule has 0 bridgehead atoms. The molecule has 2 fully saturated rings. The standard InChI is InChI=1S/C27H24N6O3/c1-36-27(35)25-10-23(30-14-31-25)16-5-7-22(29-11-16)19-9-20(19)26-32-18(13-34)8-24(33-26)17-4-6-21(28-12-17)15-2-3-15/h4-8,10-12,14-15,19-20,34H,2-3,9,13H2,1H3. The Morgan fingerprint density at radius 2 is 1.67 bits per heavy atom. The molecule has 2 atom stereocenters. The fourth-order valence-electron chi connectivity index (χ4n) is 4.40. The highest BCUT2D eigenvalue weighted by molar-refractivity contribution is 5.88. The number of nitrogens with zero attached hydrogens (tertiary/aromatic N) is 6. The van der Waals surface area contributed by atoms with Crippen LogP contribution < -0.4 is 0 Å². The van der Waals surface area contributed by atoms with Gasteiger partial charge in [-0.2, -0.15) is 0 Å². The predicted molar refractivity (Wildman–Crippen MR) is 130 cm³/mol. The maximum Gasteiger partial charge on any atom is 0.356 e. The Morgan fingerprint density at radius 3 is 2.33 bits per heavy atom. The van der Waals surface area contributed by atoms with Crippen molar-refractivity contribution in [1.82, 2.24) is 29.9 Å². The lowest BCUT2D eigenvalue weighted by atomic mass is 10.1. The Balaban J connectivity index is 1.21. The number of aliphatic hydroxyl groups excluding tert-OH is 1. The van der Waals surface area contributed by atoms with Crippen LogP contribution in [0.5, 0.6) is 0 Å². The summed E-state index contributed by atoms with van der Waals surface area (Å²) in [6.07, 6.45) is 8.26. The monoisotopic (exact) mass is 480 g/mol. The molecule has 6 rings (SSSR count). The third kappa shape index (κ3) is 4.45. The minimum atomic E-state index is -0.511. The van der Waals surface area contributed by atoms with Gasteiger partial charge in [-0.1, -0.05) is 0 Å². The number of hydrogen-bond acceptors (Lipinski definition) is 9. The van der Waals surface area contributed by atoms with Crippen molar-refractivity contribution < 1.29 is 14.6 Å². The van der Waals surface area contributed by atoms with Crippen LogP contribution in [-0.2, 0) is 11.3 Å². The summed E-state index contributed by atoms with van der Waals surface area (Å²) in [7, 11) is 1.32. The van der Waals surface area contributed by atoms with E-state index < -0.39 is 5.97 Å². The van der Waals surface area contributed by atoms with E-state index in [1.54, 1.807) is 12.3 Å². The molecule has 2 aliphatic carbocycles. The van der Waals surface area contributed by atoms with Crippen molar-refractivity contribution in [3.63, 3.8) is 0 Å².